The SMILES string of the molecule is NC(=O)C1CCC(CNC(=O)CCc2ccc(F)cc2F)O1. The van der Waals surface area contributed by atoms with E-state index in [1.807, 2.05) is 0 Å². The first kappa shape index (κ1) is 16.4. The van der Waals surface area contributed by atoms with Crippen molar-refractivity contribution in [1.29, 1.82) is 0 Å². The van der Waals surface area contributed by atoms with Gasteiger partial charge in [-0.05, 0) is 30.9 Å². The van der Waals surface area contributed by atoms with Gasteiger partial charge in [0.05, 0.1) is 6.10 Å². The zero-order valence-corrected chi connectivity index (χ0v) is 12.0. The van der Waals surface area contributed by atoms with Crippen molar-refractivity contribution in [1.82, 2.24) is 5.32 Å². The van der Waals surface area contributed by atoms with Gasteiger partial charge in [-0.3, -0.25) is 9.59 Å². The first-order chi connectivity index (χ1) is 10.5. The maximum Gasteiger partial charge on any atom is 0.246 e. The summed E-state index contributed by atoms with van der Waals surface area (Å²) in [7, 11) is 0. The number of halogens is 2. The summed E-state index contributed by atoms with van der Waals surface area (Å²) in [5, 5.41) is 2.67. The van der Waals surface area contributed by atoms with Gasteiger partial charge in [0.1, 0.15) is 17.7 Å². The van der Waals surface area contributed by atoms with Crippen molar-refractivity contribution in [2.24, 2.45) is 5.73 Å². The van der Waals surface area contributed by atoms with E-state index in [1.54, 1.807) is 0 Å². The van der Waals surface area contributed by atoms with Gasteiger partial charge < -0.3 is 15.8 Å². The predicted molar refractivity (Wildman–Crippen MR) is 74.8 cm³/mol. The van der Waals surface area contributed by atoms with Gasteiger partial charge in [0, 0.05) is 19.0 Å². The normalized spacial score (nSPS) is 20.8. The van der Waals surface area contributed by atoms with Crippen molar-refractivity contribution in [3.05, 3.63) is 35.4 Å². The van der Waals surface area contributed by atoms with E-state index >= 15 is 0 Å². The number of carbonyl (C=O) groups excluding carboxylic acids is 2. The molecule has 0 bridgehead atoms. The number of benzene rings is 1. The molecule has 7 heteroatoms. The van der Waals surface area contributed by atoms with Crippen molar-refractivity contribution < 1.29 is 23.1 Å². The van der Waals surface area contributed by atoms with Crippen LogP contribution in [0.3, 0.4) is 0 Å². The molecule has 0 radical (unpaired) electrons. The highest BCUT2D eigenvalue weighted by Crippen LogP contribution is 2.18. The Bertz CT molecular complexity index is 566. The van der Waals surface area contributed by atoms with Gasteiger partial charge in [0.2, 0.25) is 11.8 Å². The van der Waals surface area contributed by atoms with Crippen LogP contribution in [0.5, 0.6) is 0 Å². The molecule has 0 aliphatic carbocycles. The minimum Gasteiger partial charge on any atom is -0.367 e. The largest absolute Gasteiger partial charge is 0.367 e. The van der Waals surface area contributed by atoms with Gasteiger partial charge in [-0.2, -0.15) is 0 Å². The number of nitrogens with one attached hydrogen (secondary N) is 1. The molecule has 1 aromatic carbocycles. The summed E-state index contributed by atoms with van der Waals surface area (Å²) in [5.41, 5.74) is 5.43. The molecule has 1 heterocycles. The second kappa shape index (κ2) is 7.31. The number of ether oxygens (including phenoxy) is 1. The Morgan fingerprint density at radius 2 is 2.09 bits per heavy atom. The van der Waals surface area contributed by atoms with E-state index in [2.05, 4.69) is 5.32 Å². The fourth-order valence-electron chi connectivity index (χ4n) is 2.35. The van der Waals surface area contributed by atoms with Gasteiger partial charge in [0.15, 0.2) is 0 Å². The van der Waals surface area contributed by atoms with E-state index in [1.165, 1.54) is 6.07 Å². The van der Waals surface area contributed by atoms with Crippen molar-refractivity contribution >= 4 is 11.8 Å². The Hall–Kier alpha value is -2.02. The molecule has 1 saturated heterocycles. The number of rotatable bonds is 6. The molecule has 2 rings (SSSR count). The average molecular weight is 312 g/mol. The molecule has 5 nitrogen and oxygen atoms in total. The number of aryl methyl sites for hydroxylation is 1. The maximum absolute atomic E-state index is 13.4. The van der Waals surface area contributed by atoms with Crippen molar-refractivity contribution in [2.75, 3.05) is 6.54 Å². The predicted octanol–water partition coefficient (Wildman–Crippen LogP) is 1.05. The zero-order valence-electron chi connectivity index (χ0n) is 12.0. The van der Waals surface area contributed by atoms with Crippen LogP contribution in [-0.4, -0.2) is 30.6 Å². The second-order valence-corrected chi connectivity index (χ2v) is 5.27. The first-order valence-corrected chi connectivity index (χ1v) is 7.11. The van der Waals surface area contributed by atoms with E-state index in [4.69, 9.17) is 10.5 Å². The molecule has 1 fully saturated rings. The molecule has 0 spiro atoms. The van der Waals surface area contributed by atoms with Crippen LogP contribution < -0.4 is 11.1 Å². The fraction of sp³-hybridized carbons (Fsp3) is 0.467. The van der Waals surface area contributed by atoms with E-state index in [0.29, 0.717) is 18.4 Å². The monoisotopic (exact) mass is 312 g/mol. The molecule has 0 aromatic heterocycles. The molecule has 1 aliphatic heterocycles. The summed E-state index contributed by atoms with van der Waals surface area (Å²) < 4.78 is 31.6. The lowest BCUT2D eigenvalue weighted by Crippen LogP contribution is -2.34. The molecule has 120 valence electrons. The fourth-order valence-corrected chi connectivity index (χ4v) is 2.35. The van der Waals surface area contributed by atoms with Crippen LogP contribution in [0.2, 0.25) is 0 Å². The Labute approximate surface area is 126 Å². The summed E-state index contributed by atoms with van der Waals surface area (Å²) in [4.78, 5) is 22.7. The van der Waals surface area contributed by atoms with Crippen LogP contribution in [0.1, 0.15) is 24.8 Å². The molecule has 2 amide bonds. The van der Waals surface area contributed by atoms with Gasteiger partial charge in [-0.25, -0.2) is 8.78 Å². The summed E-state index contributed by atoms with van der Waals surface area (Å²) in [6.45, 7) is 0.286. The molecule has 1 aliphatic rings. The zero-order chi connectivity index (χ0) is 16.1. The lowest BCUT2D eigenvalue weighted by molar-refractivity contribution is -0.128. The van der Waals surface area contributed by atoms with Crippen LogP contribution in [0, 0.1) is 11.6 Å². The highest BCUT2D eigenvalue weighted by molar-refractivity contribution is 5.79. The van der Waals surface area contributed by atoms with Crippen molar-refractivity contribution in [2.45, 2.75) is 37.9 Å². The topological polar surface area (TPSA) is 81.4 Å². The summed E-state index contributed by atoms with van der Waals surface area (Å²) >= 11 is 0. The highest BCUT2D eigenvalue weighted by atomic mass is 19.1. The lowest BCUT2D eigenvalue weighted by Gasteiger charge is -2.12. The quantitative estimate of drug-likeness (QED) is 0.823. The van der Waals surface area contributed by atoms with E-state index < -0.39 is 23.6 Å². The molecule has 2 unspecified atom stereocenters. The van der Waals surface area contributed by atoms with E-state index in [-0.39, 0.29) is 31.4 Å². The summed E-state index contributed by atoms with van der Waals surface area (Å²) in [5.74, 6) is -2.06. The van der Waals surface area contributed by atoms with Crippen molar-refractivity contribution in [3.8, 4) is 0 Å². The molecule has 0 saturated carbocycles. The Morgan fingerprint density at radius 3 is 2.73 bits per heavy atom. The third-order valence-corrected chi connectivity index (χ3v) is 3.59. The lowest BCUT2D eigenvalue weighted by atomic mass is 10.1. The Balaban J connectivity index is 1.71. The molecule has 22 heavy (non-hydrogen) atoms. The molecular weight excluding hydrogens is 294 g/mol. The van der Waals surface area contributed by atoms with Crippen molar-refractivity contribution in [3.63, 3.8) is 0 Å². The number of amides is 2. The van der Waals surface area contributed by atoms with Gasteiger partial charge in [-0.1, -0.05) is 6.07 Å². The molecule has 3 N–H and O–H groups in total. The average Bonchev–Trinajstić information content (AvgIpc) is 2.93. The number of hydrogen-bond acceptors (Lipinski definition) is 3. The number of hydrogen-bond donors (Lipinski definition) is 2. The van der Waals surface area contributed by atoms with Crippen LogP contribution >= 0.6 is 0 Å². The highest BCUT2D eigenvalue weighted by Gasteiger charge is 2.29. The standard InChI is InChI=1S/C15H18F2N2O3/c16-10-3-1-9(12(17)7-10)2-6-14(20)19-8-11-4-5-13(22-11)15(18)21/h1,3,7,11,13H,2,4-6,8H2,(H2,18,21)(H,19,20). The Kier molecular flexibility index (Phi) is 5.43. The van der Waals surface area contributed by atoms with E-state index in [0.717, 1.165) is 12.1 Å². The minimum atomic E-state index is -0.656. The summed E-state index contributed by atoms with van der Waals surface area (Å²) in [6.07, 6.45) is 0.665. The minimum absolute atomic E-state index is 0.0918. The van der Waals surface area contributed by atoms with Crippen LogP contribution in [0.25, 0.3) is 0 Å². The molecular formula is C15H18F2N2O3. The summed E-state index contributed by atoms with van der Waals surface area (Å²) in [6, 6.07) is 3.28. The second-order valence-electron chi connectivity index (χ2n) is 5.27. The van der Waals surface area contributed by atoms with Gasteiger partial charge >= 0.3 is 0 Å². The maximum atomic E-state index is 13.4. The number of nitrogens with two attached hydrogens (primary N) is 1. The molecule has 1 aromatic rings. The van der Waals surface area contributed by atoms with Crippen LogP contribution in [-0.2, 0) is 20.7 Å². The third kappa shape index (κ3) is 4.49. The van der Waals surface area contributed by atoms with Crippen LogP contribution in [0.4, 0.5) is 8.78 Å². The smallest absolute Gasteiger partial charge is 0.246 e. The molecule has 2 atom stereocenters. The number of carbonyl (C=O) groups is 2. The van der Waals surface area contributed by atoms with Gasteiger partial charge in [-0.15, -0.1) is 0 Å². The van der Waals surface area contributed by atoms with Gasteiger partial charge in [0.25, 0.3) is 0 Å². The van der Waals surface area contributed by atoms with Crippen LogP contribution in [0.15, 0.2) is 18.2 Å². The third-order valence-electron chi connectivity index (χ3n) is 3.59. The first-order valence-electron chi connectivity index (χ1n) is 7.11. The Morgan fingerprint density at radius 1 is 1.32 bits per heavy atom. The van der Waals surface area contributed by atoms with E-state index in [9.17, 15) is 18.4 Å². The number of primary amides is 1.